The molecule has 30 heavy (non-hydrogen) atoms. The first-order valence-corrected chi connectivity index (χ1v) is 12.5. The third-order valence-electron chi connectivity index (χ3n) is 5.73. The number of aliphatic carboxylic acids is 1. The van der Waals surface area contributed by atoms with E-state index in [-0.39, 0.29) is 12.2 Å². The number of benzene rings is 1. The maximum absolute atomic E-state index is 12.4. The van der Waals surface area contributed by atoms with E-state index in [0.29, 0.717) is 25.7 Å². The lowest BCUT2D eigenvalue weighted by Gasteiger charge is -2.18. The SMILES string of the molecule is O=C(O)CCCCCCC1C(/C=C/C(O)CCCc2ccccc2)C(O)CS1(=O)=O. The predicted molar refractivity (Wildman–Crippen MR) is 117 cm³/mol. The molecule has 4 unspecified atom stereocenters. The summed E-state index contributed by atoms with van der Waals surface area (Å²) in [5, 5.41) is 28.5. The molecule has 2 rings (SSSR count). The summed E-state index contributed by atoms with van der Waals surface area (Å²) in [6, 6.07) is 10.0. The van der Waals surface area contributed by atoms with E-state index < -0.39 is 39.2 Å². The van der Waals surface area contributed by atoms with Gasteiger partial charge < -0.3 is 15.3 Å². The molecule has 4 atom stereocenters. The summed E-state index contributed by atoms with van der Waals surface area (Å²) in [5.41, 5.74) is 1.22. The molecular weight excluding hydrogens is 404 g/mol. The van der Waals surface area contributed by atoms with Gasteiger partial charge in [0.2, 0.25) is 0 Å². The first kappa shape index (κ1) is 24.6. The fraction of sp³-hybridized carbons (Fsp3) is 0.609. The van der Waals surface area contributed by atoms with Crippen LogP contribution < -0.4 is 0 Å². The number of carbonyl (C=O) groups is 1. The zero-order valence-corrected chi connectivity index (χ0v) is 18.2. The summed E-state index contributed by atoms with van der Waals surface area (Å²) in [5.74, 6) is -1.56. The standard InChI is InChI=1S/C23H34O6S/c24-19(12-8-11-18-9-4-3-5-10-18)15-16-20-21(25)17-30(28,29)22(20)13-6-1-2-7-14-23(26)27/h3-5,9-10,15-16,19-22,24-25H,1-2,6-8,11-14,17H2,(H,26,27)/b16-15+. The van der Waals surface area contributed by atoms with Crippen LogP contribution in [0.2, 0.25) is 0 Å². The van der Waals surface area contributed by atoms with Crippen molar-refractivity contribution in [1.82, 2.24) is 0 Å². The van der Waals surface area contributed by atoms with E-state index in [9.17, 15) is 23.4 Å². The summed E-state index contributed by atoms with van der Waals surface area (Å²) in [4.78, 5) is 10.5. The molecule has 1 heterocycles. The van der Waals surface area contributed by atoms with Crippen molar-refractivity contribution in [3.63, 3.8) is 0 Å². The van der Waals surface area contributed by atoms with Gasteiger partial charge in [0.05, 0.1) is 23.2 Å². The lowest BCUT2D eigenvalue weighted by atomic mass is 9.94. The molecule has 1 fully saturated rings. The van der Waals surface area contributed by atoms with E-state index in [2.05, 4.69) is 0 Å². The van der Waals surface area contributed by atoms with Crippen molar-refractivity contribution in [2.24, 2.45) is 5.92 Å². The Morgan fingerprint density at radius 1 is 1.10 bits per heavy atom. The average molecular weight is 439 g/mol. The van der Waals surface area contributed by atoms with E-state index >= 15 is 0 Å². The van der Waals surface area contributed by atoms with Crippen molar-refractivity contribution >= 4 is 15.8 Å². The van der Waals surface area contributed by atoms with Crippen LogP contribution in [0, 0.1) is 5.92 Å². The van der Waals surface area contributed by atoms with E-state index in [1.165, 1.54) is 5.56 Å². The Kier molecular flexibility index (Phi) is 10.0. The van der Waals surface area contributed by atoms with Crippen molar-refractivity contribution < 1.29 is 28.5 Å². The van der Waals surface area contributed by atoms with Gasteiger partial charge >= 0.3 is 5.97 Å². The molecule has 1 aliphatic rings. The molecule has 0 aromatic heterocycles. The number of aryl methyl sites for hydroxylation is 1. The number of aliphatic hydroxyl groups excluding tert-OH is 2. The second-order valence-corrected chi connectivity index (χ2v) is 10.5. The summed E-state index contributed by atoms with van der Waals surface area (Å²) >= 11 is 0. The summed E-state index contributed by atoms with van der Waals surface area (Å²) in [6.45, 7) is 0. The maximum atomic E-state index is 12.4. The first-order chi connectivity index (χ1) is 14.3. The van der Waals surface area contributed by atoms with Crippen LogP contribution in [-0.4, -0.2) is 52.9 Å². The van der Waals surface area contributed by atoms with Gasteiger partial charge in [0.15, 0.2) is 9.84 Å². The van der Waals surface area contributed by atoms with E-state index in [0.717, 1.165) is 25.7 Å². The monoisotopic (exact) mass is 438 g/mol. The fourth-order valence-electron chi connectivity index (χ4n) is 4.07. The quantitative estimate of drug-likeness (QED) is 0.322. The Morgan fingerprint density at radius 3 is 2.50 bits per heavy atom. The Balaban J connectivity index is 1.80. The number of hydrogen-bond donors (Lipinski definition) is 3. The number of rotatable bonds is 13. The highest BCUT2D eigenvalue weighted by atomic mass is 32.2. The van der Waals surface area contributed by atoms with Gasteiger partial charge in [-0.1, -0.05) is 61.7 Å². The highest BCUT2D eigenvalue weighted by Gasteiger charge is 2.44. The molecule has 3 N–H and O–H groups in total. The summed E-state index contributed by atoms with van der Waals surface area (Å²) < 4.78 is 24.9. The molecule has 0 spiro atoms. The van der Waals surface area contributed by atoms with Crippen molar-refractivity contribution in [1.29, 1.82) is 0 Å². The highest BCUT2D eigenvalue weighted by molar-refractivity contribution is 7.92. The molecule has 0 radical (unpaired) electrons. The maximum Gasteiger partial charge on any atom is 0.303 e. The third-order valence-corrected chi connectivity index (χ3v) is 8.01. The zero-order chi connectivity index (χ0) is 22.0. The van der Waals surface area contributed by atoms with Gasteiger partial charge in [-0.05, 0) is 37.7 Å². The molecule has 1 aromatic carbocycles. The lowest BCUT2D eigenvalue weighted by Crippen LogP contribution is -2.24. The minimum Gasteiger partial charge on any atom is -0.481 e. The molecule has 6 nitrogen and oxygen atoms in total. The second-order valence-electron chi connectivity index (χ2n) is 8.19. The first-order valence-electron chi connectivity index (χ1n) is 10.8. The van der Waals surface area contributed by atoms with Gasteiger partial charge in [0.1, 0.15) is 0 Å². The highest BCUT2D eigenvalue weighted by Crippen LogP contribution is 2.32. The number of carboxylic acids is 1. The molecule has 1 saturated heterocycles. The molecule has 1 aromatic rings. The average Bonchev–Trinajstić information content (AvgIpc) is 2.91. The number of hydrogen-bond acceptors (Lipinski definition) is 5. The van der Waals surface area contributed by atoms with E-state index in [1.807, 2.05) is 30.3 Å². The summed E-state index contributed by atoms with van der Waals surface area (Å²) in [7, 11) is -3.37. The van der Waals surface area contributed by atoms with Crippen LogP contribution in [0.15, 0.2) is 42.5 Å². The Hall–Kier alpha value is -1.70. The molecule has 1 aliphatic heterocycles. The number of sulfone groups is 1. The Morgan fingerprint density at radius 2 is 1.80 bits per heavy atom. The third kappa shape index (κ3) is 8.20. The van der Waals surface area contributed by atoms with Gasteiger partial charge in [0, 0.05) is 12.3 Å². The topological polar surface area (TPSA) is 112 Å². The van der Waals surface area contributed by atoms with Crippen molar-refractivity contribution in [3.8, 4) is 0 Å². The molecule has 0 bridgehead atoms. The number of aliphatic hydroxyl groups is 2. The lowest BCUT2D eigenvalue weighted by molar-refractivity contribution is -0.137. The van der Waals surface area contributed by atoms with Gasteiger partial charge in [-0.2, -0.15) is 0 Å². The van der Waals surface area contributed by atoms with Crippen LogP contribution >= 0.6 is 0 Å². The summed E-state index contributed by atoms with van der Waals surface area (Å²) in [6.07, 6.45) is 7.34. The molecule has 168 valence electrons. The Bertz CT molecular complexity index is 774. The van der Waals surface area contributed by atoms with Crippen LogP contribution in [0.4, 0.5) is 0 Å². The van der Waals surface area contributed by atoms with Crippen molar-refractivity contribution in [2.45, 2.75) is 75.2 Å². The zero-order valence-electron chi connectivity index (χ0n) is 17.4. The second kappa shape index (κ2) is 12.2. The van der Waals surface area contributed by atoms with Gasteiger partial charge in [-0.25, -0.2) is 8.42 Å². The van der Waals surface area contributed by atoms with E-state index in [1.54, 1.807) is 12.2 Å². The smallest absolute Gasteiger partial charge is 0.303 e. The molecule has 0 amide bonds. The van der Waals surface area contributed by atoms with Gasteiger partial charge in [0.25, 0.3) is 0 Å². The van der Waals surface area contributed by atoms with Crippen molar-refractivity contribution in [3.05, 3.63) is 48.0 Å². The van der Waals surface area contributed by atoms with Crippen LogP contribution in [0.1, 0.15) is 56.9 Å². The number of unbranched alkanes of at least 4 members (excludes halogenated alkanes) is 3. The minimum absolute atomic E-state index is 0.133. The van der Waals surface area contributed by atoms with Crippen LogP contribution in [0.5, 0.6) is 0 Å². The predicted octanol–water partition coefficient (Wildman–Crippen LogP) is 3.13. The van der Waals surface area contributed by atoms with Crippen molar-refractivity contribution in [2.75, 3.05) is 5.75 Å². The normalized spacial score (nSPS) is 24.3. The van der Waals surface area contributed by atoms with Crippen LogP contribution in [0.25, 0.3) is 0 Å². The minimum atomic E-state index is -3.37. The van der Waals surface area contributed by atoms with Gasteiger partial charge in [-0.3, -0.25) is 4.79 Å². The van der Waals surface area contributed by atoms with E-state index in [4.69, 9.17) is 5.11 Å². The molecule has 0 aliphatic carbocycles. The number of carboxylic acid groups (broad SMARTS) is 1. The molecular formula is C23H34O6S. The van der Waals surface area contributed by atoms with Crippen LogP contribution in [0.3, 0.4) is 0 Å². The fourth-order valence-corrected chi connectivity index (χ4v) is 6.29. The molecule has 7 heteroatoms. The largest absolute Gasteiger partial charge is 0.481 e. The molecule has 0 saturated carbocycles. The van der Waals surface area contributed by atoms with Crippen LogP contribution in [-0.2, 0) is 21.1 Å². The van der Waals surface area contributed by atoms with Gasteiger partial charge in [-0.15, -0.1) is 0 Å². The Labute approximate surface area is 179 Å².